The minimum Gasteiger partial charge on any atom is -0.393 e. The average Bonchev–Trinajstić information content (AvgIpc) is 2.47. The first-order chi connectivity index (χ1) is 6.69. The summed E-state index contributed by atoms with van der Waals surface area (Å²) in [7, 11) is 0. The summed E-state index contributed by atoms with van der Waals surface area (Å²) >= 11 is 0. The quantitative estimate of drug-likeness (QED) is 0.503. The van der Waals surface area contributed by atoms with Gasteiger partial charge >= 0.3 is 11.9 Å². The van der Waals surface area contributed by atoms with Crippen LogP contribution in [0, 0.1) is 11.8 Å². The minimum absolute atomic E-state index is 0.168. The Kier molecular flexibility index (Phi) is 4.11. The lowest BCUT2D eigenvalue weighted by Crippen LogP contribution is -2.18. The van der Waals surface area contributed by atoms with E-state index in [1.807, 2.05) is 0 Å². The van der Waals surface area contributed by atoms with Crippen molar-refractivity contribution in [3.05, 3.63) is 0 Å². The number of hydrogen-bond acceptors (Lipinski definition) is 3. The molecule has 2 unspecified atom stereocenters. The molecule has 0 saturated carbocycles. The molecule has 1 rings (SSSR count). The van der Waals surface area contributed by atoms with Gasteiger partial charge in [-0.25, -0.2) is 0 Å². The fraction of sp³-hybridized carbons (Fsp3) is 0.818. The van der Waals surface area contributed by atoms with E-state index < -0.39 is 0 Å². The van der Waals surface area contributed by atoms with Crippen LogP contribution in [0.3, 0.4) is 0 Å². The summed E-state index contributed by atoms with van der Waals surface area (Å²) in [6.45, 7) is 4.20. The van der Waals surface area contributed by atoms with Gasteiger partial charge in [0.25, 0.3) is 0 Å². The highest BCUT2D eigenvalue weighted by atomic mass is 16.6. The zero-order valence-corrected chi connectivity index (χ0v) is 8.91. The lowest BCUT2D eigenvalue weighted by Gasteiger charge is -2.17. The van der Waals surface area contributed by atoms with Gasteiger partial charge in [0, 0.05) is 0 Å². The summed E-state index contributed by atoms with van der Waals surface area (Å²) in [6, 6.07) is 0. The number of rotatable bonds is 5. The largest absolute Gasteiger partial charge is 0.393 e. The van der Waals surface area contributed by atoms with Crippen molar-refractivity contribution in [3.63, 3.8) is 0 Å². The van der Waals surface area contributed by atoms with Crippen LogP contribution in [0.1, 0.15) is 46.0 Å². The van der Waals surface area contributed by atoms with Crippen molar-refractivity contribution in [3.8, 4) is 0 Å². The molecule has 1 aliphatic heterocycles. The highest BCUT2D eigenvalue weighted by Gasteiger charge is 2.37. The molecule has 2 atom stereocenters. The molecule has 80 valence electrons. The van der Waals surface area contributed by atoms with Gasteiger partial charge in [-0.2, -0.15) is 0 Å². The van der Waals surface area contributed by atoms with Gasteiger partial charge in [0.15, 0.2) is 0 Å². The maximum absolute atomic E-state index is 11.3. The van der Waals surface area contributed by atoms with Crippen LogP contribution in [0.4, 0.5) is 0 Å². The van der Waals surface area contributed by atoms with Crippen molar-refractivity contribution in [1.82, 2.24) is 0 Å². The number of unbranched alkanes of at least 4 members (excludes halogenated alkanes) is 1. The van der Waals surface area contributed by atoms with E-state index in [1.54, 1.807) is 0 Å². The van der Waals surface area contributed by atoms with E-state index >= 15 is 0 Å². The Morgan fingerprint density at radius 2 is 2.14 bits per heavy atom. The van der Waals surface area contributed by atoms with Crippen molar-refractivity contribution >= 4 is 11.9 Å². The highest BCUT2D eigenvalue weighted by Crippen LogP contribution is 2.30. The minimum atomic E-state index is -0.352. The van der Waals surface area contributed by atoms with Crippen LogP contribution in [-0.4, -0.2) is 11.9 Å². The Labute approximate surface area is 84.8 Å². The second kappa shape index (κ2) is 5.13. The van der Waals surface area contributed by atoms with Crippen LogP contribution in [0.5, 0.6) is 0 Å². The number of ether oxygens (including phenoxy) is 1. The van der Waals surface area contributed by atoms with E-state index in [0.717, 1.165) is 25.7 Å². The predicted octanol–water partition coefficient (Wildman–Crippen LogP) is 2.29. The molecule has 0 aromatic carbocycles. The Bertz CT molecular complexity index is 223. The van der Waals surface area contributed by atoms with E-state index in [9.17, 15) is 9.59 Å². The Morgan fingerprint density at radius 3 is 2.57 bits per heavy atom. The SMILES string of the molecule is CCCCC(CC)C1CC(=O)OC1=O. The van der Waals surface area contributed by atoms with Gasteiger partial charge in [-0.05, 0) is 12.3 Å². The Balaban J connectivity index is 2.51. The molecule has 0 aliphatic carbocycles. The number of carbonyl (C=O) groups excluding carboxylic acids is 2. The van der Waals surface area contributed by atoms with E-state index in [2.05, 4.69) is 18.6 Å². The van der Waals surface area contributed by atoms with Gasteiger partial charge < -0.3 is 4.74 Å². The first-order valence-electron chi connectivity index (χ1n) is 5.43. The van der Waals surface area contributed by atoms with E-state index in [4.69, 9.17) is 0 Å². The third-order valence-electron chi connectivity index (χ3n) is 2.93. The maximum Gasteiger partial charge on any atom is 0.317 e. The predicted molar refractivity (Wildman–Crippen MR) is 52.5 cm³/mol. The van der Waals surface area contributed by atoms with Crippen LogP contribution in [0.2, 0.25) is 0 Å². The molecule has 0 N–H and O–H groups in total. The van der Waals surface area contributed by atoms with Gasteiger partial charge in [-0.3, -0.25) is 9.59 Å². The van der Waals surface area contributed by atoms with Crippen molar-refractivity contribution in [2.75, 3.05) is 0 Å². The maximum atomic E-state index is 11.3. The van der Waals surface area contributed by atoms with Crippen LogP contribution in [-0.2, 0) is 14.3 Å². The fourth-order valence-corrected chi connectivity index (χ4v) is 2.01. The Hall–Kier alpha value is -0.860. The van der Waals surface area contributed by atoms with E-state index in [1.165, 1.54) is 0 Å². The molecule has 14 heavy (non-hydrogen) atoms. The first kappa shape index (κ1) is 11.2. The molecule has 0 radical (unpaired) electrons. The molecule has 3 nitrogen and oxygen atoms in total. The number of carbonyl (C=O) groups is 2. The highest BCUT2D eigenvalue weighted by molar-refractivity contribution is 5.94. The average molecular weight is 198 g/mol. The van der Waals surface area contributed by atoms with Crippen molar-refractivity contribution in [2.24, 2.45) is 11.8 Å². The normalized spacial score (nSPS) is 23.7. The molecule has 1 aliphatic rings. The standard InChI is InChI=1S/C11H18O3/c1-3-5-6-8(4-2)9-7-10(12)14-11(9)13/h8-9H,3-7H2,1-2H3. The lowest BCUT2D eigenvalue weighted by molar-refractivity contribution is -0.153. The summed E-state index contributed by atoms with van der Waals surface area (Å²) in [5.41, 5.74) is 0. The zero-order chi connectivity index (χ0) is 10.6. The summed E-state index contributed by atoms with van der Waals surface area (Å²) in [6.07, 6.45) is 4.52. The monoisotopic (exact) mass is 198 g/mol. The Morgan fingerprint density at radius 1 is 1.43 bits per heavy atom. The lowest BCUT2D eigenvalue weighted by atomic mass is 9.85. The van der Waals surface area contributed by atoms with Crippen molar-refractivity contribution in [2.45, 2.75) is 46.0 Å². The topological polar surface area (TPSA) is 43.4 Å². The smallest absolute Gasteiger partial charge is 0.317 e. The van der Waals surface area contributed by atoms with Crippen LogP contribution in [0.25, 0.3) is 0 Å². The number of hydrogen-bond donors (Lipinski definition) is 0. The molecule has 0 amide bonds. The molecule has 1 heterocycles. The number of esters is 2. The first-order valence-corrected chi connectivity index (χ1v) is 5.43. The molecule has 0 spiro atoms. The van der Waals surface area contributed by atoms with E-state index in [0.29, 0.717) is 12.3 Å². The second-order valence-corrected chi connectivity index (χ2v) is 3.91. The van der Waals surface area contributed by atoms with Gasteiger partial charge in [0.05, 0.1) is 12.3 Å². The van der Waals surface area contributed by atoms with Crippen LogP contribution >= 0.6 is 0 Å². The van der Waals surface area contributed by atoms with Crippen molar-refractivity contribution < 1.29 is 14.3 Å². The van der Waals surface area contributed by atoms with E-state index in [-0.39, 0.29) is 17.9 Å². The third-order valence-corrected chi connectivity index (χ3v) is 2.93. The summed E-state index contributed by atoms with van der Waals surface area (Å²) in [5, 5.41) is 0. The molecule has 0 aromatic heterocycles. The molecule has 0 aromatic rings. The van der Waals surface area contributed by atoms with Crippen molar-refractivity contribution in [1.29, 1.82) is 0 Å². The van der Waals surface area contributed by atoms with Gasteiger partial charge in [-0.15, -0.1) is 0 Å². The van der Waals surface area contributed by atoms with Crippen LogP contribution in [0.15, 0.2) is 0 Å². The van der Waals surface area contributed by atoms with Gasteiger partial charge in [0.2, 0.25) is 0 Å². The summed E-state index contributed by atoms with van der Waals surface area (Å²) < 4.78 is 4.56. The zero-order valence-electron chi connectivity index (χ0n) is 8.91. The van der Waals surface area contributed by atoms with Gasteiger partial charge in [-0.1, -0.05) is 33.1 Å². The molecular weight excluding hydrogens is 180 g/mol. The number of cyclic esters (lactones) is 2. The summed E-state index contributed by atoms with van der Waals surface area (Å²) in [4.78, 5) is 22.2. The van der Waals surface area contributed by atoms with Gasteiger partial charge in [0.1, 0.15) is 0 Å². The summed E-state index contributed by atoms with van der Waals surface area (Å²) in [5.74, 6) is -0.499. The molecular formula is C11H18O3. The fourth-order valence-electron chi connectivity index (χ4n) is 2.01. The molecule has 0 bridgehead atoms. The molecule has 3 heteroatoms. The third kappa shape index (κ3) is 2.56. The molecule has 1 saturated heterocycles. The van der Waals surface area contributed by atoms with Crippen LogP contribution < -0.4 is 0 Å². The second-order valence-electron chi connectivity index (χ2n) is 3.91. The molecule has 1 fully saturated rings.